The third-order valence-corrected chi connectivity index (χ3v) is 6.14. The van der Waals surface area contributed by atoms with Crippen LogP contribution >= 0.6 is 0 Å². The summed E-state index contributed by atoms with van der Waals surface area (Å²) in [5.41, 5.74) is 0.974. The Kier molecular flexibility index (Phi) is 6.28. The Morgan fingerprint density at radius 3 is 2.37 bits per heavy atom. The van der Waals surface area contributed by atoms with Gasteiger partial charge in [0.1, 0.15) is 5.75 Å². The van der Waals surface area contributed by atoms with E-state index in [1.54, 1.807) is 12.1 Å². The predicted molar refractivity (Wildman–Crippen MR) is 115 cm³/mol. The van der Waals surface area contributed by atoms with Gasteiger partial charge in [-0.3, -0.25) is 14.9 Å². The van der Waals surface area contributed by atoms with Crippen LogP contribution in [0, 0.1) is 22.0 Å². The fourth-order valence-electron chi connectivity index (χ4n) is 4.57. The molecule has 1 heterocycles. The molecule has 0 radical (unpaired) electrons. The summed E-state index contributed by atoms with van der Waals surface area (Å²) in [4.78, 5) is 25.1. The molecule has 1 N–H and O–H groups in total. The maximum atomic E-state index is 12.3. The largest absolute Gasteiger partial charge is 0.494 e. The highest BCUT2D eigenvalue weighted by atomic mass is 16.6. The molecular weight excluding hydrogens is 382 g/mol. The number of non-ortho nitro benzene ring substituents is 1. The number of nitrogens with one attached hydrogen (secondary N) is 1. The first-order valence-electron chi connectivity index (χ1n) is 10.6. The lowest BCUT2D eigenvalue weighted by atomic mass is 10.0. The quantitative estimate of drug-likeness (QED) is 0.398. The number of carbonyl (C=O) groups excluding carboxylic acids is 1. The number of fused-ring (bicyclic) bond motifs is 1. The van der Waals surface area contributed by atoms with Crippen LogP contribution in [0.1, 0.15) is 36.0 Å². The van der Waals surface area contributed by atoms with E-state index < -0.39 is 4.92 Å². The van der Waals surface area contributed by atoms with Gasteiger partial charge in [0.2, 0.25) is 0 Å². The molecule has 1 amide bonds. The number of nitro groups is 1. The molecule has 1 aliphatic heterocycles. The van der Waals surface area contributed by atoms with Crippen LogP contribution in [0.3, 0.4) is 0 Å². The van der Waals surface area contributed by atoms with Crippen LogP contribution in [0.5, 0.6) is 5.75 Å². The van der Waals surface area contributed by atoms with Gasteiger partial charge < -0.3 is 15.0 Å². The minimum absolute atomic E-state index is 0.0411. The minimum Gasteiger partial charge on any atom is -0.494 e. The van der Waals surface area contributed by atoms with Gasteiger partial charge in [-0.05, 0) is 67.5 Å². The number of nitrogens with zero attached hydrogens (tertiary/aromatic N) is 2. The summed E-state index contributed by atoms with van der Waals surface area (Å²) in [6, 6.07) is 12.8. The standard InChI is InChI=1S/C23H27N3O4/c27-23(17-5-9-21(10-6-17)26(28)29)24-20-7-11-22(12-8-20)30-14-2-13-25-15-18-3-1-4-19(18)16-25/h5-12,18-19H,1-4,13-16H2,(H,24,27). The molecule has 2 unspecified atom stereocenters. The lowest BCUT2D eigenvalue weighted by Gasteiger charge is -2.16. The zero-order valence-corrected chi connectivity index (χ0v) is 17.0. The smallest absolute Gasteiger partial charge is 0.269 e. The third kappa shape index (κ3) is 4.97. The fourth-order valence-corrected chi connectivity index (χ4v) is 4.57. The molecule has 1 aliphatic carbocycles. The van der Waals surface area contributed by atoms with Crippen LogP contribution in [0.15, 0.2) is 48.5 Å². The Morgan fingerprint density at radius 2 is 1.73 bits per heavy atom. The van der Waals surface area contributed by atoms with Gasteiger partial charge in [0.05, 0.1) is 11.5 Å². The van der Waals surface area contributed by atoms with Crippen LogP contribution in [-0.4, -0.2) is 42.0 Å². The Bertz CT molecular complexity index is 870. The first-order chi connectivity index (χ1) is 14.6. The maximum absolute atomic E-state index is 12.3. The average molecular weight is 409 g/mol. The van der Waals surface area contributed by atoms with Gasteiger partial charge >= 0.3 is 0 Å². The summed E-state index contributed by atoms with van der Waals surface area (Å²) < 4.78 is 5.84. The summed E-state index contributed by atoms with van der Waals surface area (Å²) in [6.07, 6.45) is 5.24. The number of amides is 1. The normalized spacial score (nSPS) is 20.7. The molecular formula is C23H27N3O4. The number of benzene rings is 2. The summed E-state index contributed by atoms with van der Waals surface area (Å²) in [5.74, 6) is 2.33. The third-order valence-electron chi connectivity index (χ3n) is 6.14. The predicted octanol–water partition coefficient (Wildman–Crippen LogP) is 4.35. The average Bonchev–Trinajstić information content (AvgIpc) is 3.34. The molecule has 4 rings (SSSR count). The topological polar surface area (TPSA) is 84.7 Å². The zero-order valence-electron chi connectivity index (χ0n) is 17.0. The second-order valence-corrected chi connectivity index (χ2v) is 8.20. The summed E-state index contributed by atoms with van der Waals surface area (Å²) in [6.45, 7) is 4.29. The van der Waals surface area contributed by atoms with E-state index in [0.717, 1.165) is 30.6 Å². The molecule has 1 saturated carbocycles. The monoisotopic (exact) mass is 409 g/mol. The molecule has 2 aromatic rings. The van der Waals surface area contributed by atoms with Crippen LogP contribution in [-0.2, 0) is 0 Å². The molecule has 7 nitrogen and oxygen atoms in total. The van der Waals surface area contributed by atoms with Crippen molar-refractivity contribution in [1.82, 2.24) is 4.90 Å². The Labute approximate surface area is 176 Å². The van der Waals surface area contributed by atoms with Crippen molar-refractivity contribution in [3.05, 3.63) is 64.2 Å². The number of hydrogen-bond donors (Lipinski definition) is 1. The lowest BCUT2D eigenvalue weighted by molar-refractivity contribution is -0.384. The number of ether oxygens (including phenoxy) is 1. The number of nitro benzene ring substituents is 1. The van der Waals surface area contributed by atoms with E-state index in [0.29, 0.717) is 17.9 Å². The molecule has 2 aliphatic rings. The maximum Gasteiger partial charge on any atom is 0.269 e. The van der Waals surface area contributed by atoms with Crippen molar-refractivity contribution >= 4 is 17.3 Å². The molecule has 30 heavy (non-hydrogen) atoms. The highest BCUT2D eigenvalue weighted by Crippen LogP contribution is 2.37. The molecule has 0 bridgehead atoms. The van der Waals surface area contributed by atoms with E-state index in [1.807, 2.05) is 12.1 Å². The first-order valence-corrected chi connectivity index (χ1v) is 10.6. The molecule has 7 heteroatoms. The van der Waals surface area contributed by atoms with Crippen molar-refractivity contribution < 1.29 is 14.5 Å². The SMILES string of the molecule is O=C(Nc1ccc(OCCCN2CC3CCCC3C2)cc1)c1ccc([N+](=O)[O-])cc1. The number of rotatable bonds is 8. The lowest BCUT2D eigenvalue weighted by Crippen LogP contribution is -2.24. The van der Waals surface area contributed by atoms with E-state index in [2.05, 4.69) is 10.2 Å². The molecule has 2 aromatic carbocycles. The van der Waals surface area contributed by atoms with Gasteiger partial charge in [-0.15, -0.1) is 0 Å². The molecule has 2 atom stereocenters. The van der Waals surface area contributed by atoms with Crippen molar-refractivity contribution in [2.75, 3.05) is 31.6 Å². The van der Waals surface area contributed by atoms with Crippen molar-refractivity contribution in [3.8, 4) is 5.75 Å². The van der Waals surface area contributed by atoms with Gasteiger partial charge in [0.25, 0.3) is 11.6 Å². The van der Waals surface area contributed by atoms with Crippen molar-refractivity contribution in [1.29, 1.82) is 0 Å². The Balaban J connectivity index is 1.19. The fraction of sp³-hybridized carbons (Fsp3) is 0.435. The van der Waals surface area contributed by atoms with E-state index in [-0.39, 0.29) is 11.6 Å². The van der Waals surface area contributed by atoms with E-state index in [4.69, 9.17) is 4.74 Å². The summed E-state index contributed by atoms with van der Waals surface area (Å²) >= 11 is 0. The van der Waals surface area contributed by atoms with Crippen molar-refractivity contribution in [3.63, 3.8) is 0 Å². The number of likely N-dealkylation sites (tertiary alicyclic amines) is 1. The Morgan fingerprint density at radius 1 is 1.07 bits per heavy atom. The van der Waals surface area contributed by atoms with Gasteiger partial charge in [-0.1, -0.05) is 6.42 Å². The Hall–Kier alpha value is -2.93. The van der Waals surface area contributed by atoms with Crippen LogP contribution < -0.4 is 10.1 Å². The van der Waals surface area contributed by atoms with Gasteiger partial charge in [-0.25, -0.2) is 0 Å². The molecule has 158 valence electrons. The molecule has 0 aromatic heterocycles. The number of hydrogen-bond acceptors (Lipinski definition) is 5. The number of anilines is 1. The van der Waals surface area contributed by atoms with Crippen molar-refractivity contribution in [2.24, 2.45) is 11.8 Å². The molecule has 2 fully saturated rings. The van der Waals surface area contributed by atoms with Gasteiger partial charge in [-0.2, -0.15) is 0 Å². The molecule has 1 saturated heterocycles. The second-order valence-electron chi connectivity index (χ2n) is 8.20. The summed E-state index contributed by atoms with van der Waals surface area (Å²) in [5, 5.41) is 13.5. The van der Waals surface area contributed by atoms with E-state index in [9.17, 15) is 14.9 Å². The highest BCUT2D eigenvalue weighted by molar-refractivity contribution is 6.04. The first kappa shape index (κ1) is 20.3. The van der Waals surface area contributed by atoms with Crippen LogP contribution in [0.25, 0.3) is 0 Å². The minimum atomic E-state index is -0.489. The molecule has 0 spiro atoms. The second kappa shape index (κ2) is 9.26. The van der Waals surface area contributed by atoms with Crippen LogP contribution in [0.2, 0.25) is 0 Å². The summed E-state index contributed by atoms with van der Waals surface area (Å²) in [7, 11) is 0. The van der Waals surface area contributed by atoms with Crippen molar-refractivity contribution in [2.45, 2.75) is 25.7 Å². The van der Waals surface area contributed by atoms with Gasteiger partial charge in [0, 0.05) is 43.0 Å². The zero-order chi connectivity index (χ0) is 20.9. The highest BCUT2D eigenvalue weighted by Gasteiger charge is 2.35. The van der Waals surface area contributed by atoms with E-state index in [1.165, 1.54) is 56.6 Å². The number of carbonyl (C=O) groups is 1. The van der Waals surface area contributed by atoms with Crippen LogP contribution in [0.4, 0.5) is 11.4 Å². The van der Waals surface area contributed by atoms with Gasteiger partial charge in [0.15, 0.2) is 0 Å². The van der Waals surface area contributed by atoms with E-state index >= 15 is 0 Å².